The van der Waals surface area contributed by atoms with Gasteiger partial charge in [0.1, 0.15) is 17.2 Å². The number of piperidine rings is 1. The summed E-state index contributed by atoms with van der Waals surface area (Å²) in [5.74, 6) is 1.38. The van der Waals surface area contributed by atoms with E-state index in [1.165, 1.54) is 0 Å². The lowest BCUT2D eigenvalue weighted by atomic mass is 10.1. The number of amides is 1. The number of fused-ring (bicyclic) bond motifs is 1. The predicted molar refractivity (Wildman–Crippen MR) is 92.0 cm³/mol. The highest BCUT2D eigenvalue weighted by Gasteiger charge is 2.25. The predicted octanol–water partition coefficient (Wildman–Crippen LogP) is 2.83. The van der Waals surface area contributed by atoms with E-state index in [9.17, 15) is 4.79 Å². The van der Waals surface area contributed by atoms with Gasteiger partial charge in [-0.1, -0.05) is 0 Å². The lowest BCUT2D eigenvalue weighted by Gasteiger charge is -2.31. The van der Waals surface area contributed by atoms with Crippen molar-refractivity contribution in [1.29, 1.82) is 0 Å². The van der Waals surface area contributed by atoms with Crippen LogP contribution in [0.25, 0.3) is 10.9 Å². The summed E-state index contributed by atoms with van der Waals surface area (Å²) in [4.78, 5) is 17.8. The Bertz CT molecular complexity index is 717. The van der Waals surface area contributed by atoms with Crippen LogP contribution in [0.4, 0.5) is 0 Å². The molecule has 0 bridgehead atoms. The molecular formula is C18H24N2O4. The van der Waals surface area contributed by atoms with Gasteiger partial charge < -0.3 is 24.1 Å². The fourth-order valence-corrected chi connectivity index (χ4v) is 3.21. The lowest BCUT2D eigenvalue weighted by molar-refractivity contribution is 0.0144. The summed E-state index contributed by atoms with van der Waals surface area (Å²) in [7, 11) is 3.22. The number of likely N-dealkylation sites (tertiary alicyclic amines) is 1. The van der Waals surface area contributed by atoms with Crippen LogP contribution in [0.2, 0.25) is 0 Å². The molecule has 6 heteroatoms. The molecule has 0 aliphatic carbocycles. The van der Waals surface area contributed by atoms with E-state index in [0.717, 1.165) is 43.4 Å². The summed E-state index contributed by atoms with van der Waals surface area (Å²) in [5, 5.41) is 0.902. The normalized spacial score (nSPS) is 15.7. The molecule has 2 aromatic rings. The second-order valence-corrected chi connectivity index (χ2v) is 5.92. The Kier molecular flexibility index (Phi) is 4.94. The highest BCUT2D eigenvalue weighted by atomic mass is 16.5. The van der Waals surface area contributed by atoms with Gasteiger partial charge in [-0.2, -0.15) is 0 Å². The van der Waals surface area contributed by atoms with Gasteiger partial charge in [-0.05, 0) is 31.9 Å². The molecule has 1 fully saturated rings. The van der Waals surface area contributed by atoms with Gasteiger partial charge in [0.05, 0.1) is 25.8 Å². The number of hydrogen-bond donors (Lipinski definition) is 1. The van der Waals surface area contributed by atoms with Crippen LogP contribution in [-0.2, 0) is 4.74 Å². The molecule has 1 amide bonds. The van der Waals surface area contributed by atoms with Crippen LogP contribution in [0.5, 0.6) is 11.5 Å². The van der Waals surface area contributed by atoms with Crippen molar-refractivity contribution in [2.24, 2.45) is 0 Å². The van der Waals surface area contributed by atoms with Crippen LogP contribution < -0.4 is 9.47 Å². The van der Waals surface area contributed by atoms with Gasteiger partial charge in [-0.3, -0.25) is 4.79 Å². The molecule has 3 rings (SSSR count). The van der Waals surface area contributed by atoms with Crippen molar-refractivity contribution >= 4 is 16.8 Å². The maximum Gasteiger partial charge on any atom is 0.270 e. The number of ether oxygens (including phenoxy) is 3. The molecule has 0 spiro atoms. The first kappa shape index (κ1) is 16.6. The Hall–Kier alpha value is -2.21. The number of aromatic amines is 1. The van der Waals surface area contributed by atoms with Crippen molar-refractivity contribution in [2.45, 2.75) is 25.9 Å². The lowest BCUT2D eigenvalue weighted by Crippen LogP contribution is -2.41. The topological polar surface area (TPSA) is 63.8 Å². The van der Waals surface area contributed by atoms with Gasteiger partial charge in [-0.25, -0.2) is 0 Å². The van der Waals surface area contributed by atoms with Gasteiger partial charge >= 0.3 is 0 Å². The third kappa shape index (κ3) is 3.19. The molecule has 1 aliphatic heterocycles. The number of nitrogens with one attached hydrogen (secondary N) is 1. The Morgan fingerprint density at radius 3 is 2.58 bits per heavy atom. The fourth-order valence-electron chi connectivity index (χ4n) is 3.21. The first-order valence-corrected chi connectivity index (χ1v) is 8.31. The maximum absolute atomic E-state index is 12.8. The standard InChI is InChI=1S/C18H24N2O4/c1-4-24-13-5-7-20(8-6-13)18(21)15-10-12-9-14(22-2)11-16(23-3)17(12)19-15/h9-11,13,19H,4-8H2,1-3H3. The van der Waals surface area contributed by atoms with E-state index >= 15 is 0 Å². The van der Waals surface area contributed by atoms with Crippen LogP contribution in [0, 0.1) is 0 Å². The number of nitrogens with zero attached hydrogens (tertiary/aromatic N) is 1. The molecule has 0 atom stereocenters. The third-order valence-corrected chi connectivity index (χ3v) is 4.48. The summed E-state index contributed by atoms with van der Waals surface area (Å²) in [6, 6.07) is 5.56. The zero-order valence-corrected chi connectivity index (χ0v) is 14.4. The van der Waals surface area contributed by atoms with E-state index in [4.69, 9.17) is 14.2 Å². The highest BCUT2D eigenvalue weighted by molar-refractivity contribution is 6.00. The zero-order chi connectivity index (χ0) is 17.1. The molecule has 24 heavy (non-hydrogen) atoms. The van der Waals surface area contributed by atoms with E-state index in [0.29, 0.717) is 17.2 Å². The largest absolute Gasteiger partial charge is 0.497 e. The Morgan fingerprint density at radius 1 is 1.21 bits per heavy atom. The summed E-state index contributed by atoms with van der Waals surface area (Å²) in [6.07, 6.45) is 2.04. The SMILES string of the molecule is CCOC1CCN(C(=O)c2cc3cc(OC)cc(OC)c3[nH]2)CC1. The number of methoxy groups -OCH3 is 2. The van der Waals surface area contributed by atoms with E-state index < -0.39 is 0 Å². The molecule has 1 N–H and O–H groups in total. The third-order valence-electron chi connectivity index (χ3n) is 4.48. The molecular weight excluding hydrogens is 308 g/mol. The van der Waals surface area contributed by atoms with E-state index in [-0.39, 0.29) is 12.0 Å². The first-order chi connectivity index (χ1) is 11.7. The van der Waals surface area contributed by atoms with Gasteiger partial charge in [0.15, 0.2) is 0 Å². The smallest absolute Gasteiger partial charge is 0.270 e. The summed E-state index contributed by atoms with van der Waals surface area (Å²) >= 11 is 0. The molecule has 1 aromatic carbocycles. The number of benzene rings is 1. The Morgan fingerprint density at radius 2 is 1.96 bits per heavy atom. The molecule has 0 radical (unpaired) electrons. The number of H-pyrrole nitrogens is 1. The first-order valence-electron chi connectivity index (χ1n) is 8.31. The average Bonchev–Trinajstić information content (AvgIpc) is 3.05. The van der Waals surface area contributed by atoms with E-state index in [1.807, 2.05) is 24.0 Å². The second-order valence-electron chi connectivity index (χ2n) is 5.92. The van der Waals surface area contributed by atoms with Crippen molar-refractivity contribution in [3.8, 4) is 11.5 Å². The quantitative estimate of drug-likeness (QED) is 0.914. The van der Waals surface area contributed by atoms with Gasteiger partial charge in [0.2, 0.25) is 0 Å². The molecule has 130 valence electrons. The summed E-state index contributed by atoms with van der Waals surface area (Å²) < 4.78 is 16.3. The van der Waals surface area contributed by atoms with Crippen LogP contribution in [0.15, 0.2) is 18.2 Å². The second kappa shape index (κ2) is 7.13. The van der Waals surface area contributed by atoms with Gasteiger partial charge in [0.25, 0.3) is 5.91 Å². The minimum absolute atomic E-state index is 0.0159. The maximum atomic E-state index is 12.8. The number of carbonyl (C=O) groups excluding carboxylic acids is 1. The molecule has 1 saturated heterocycles. The highest BCUT2D eigenvalue weighted by Crippen LogP contribution is 2.31. The summed E-state index contributed by atoms with van der Waals surface area (Å²) in [5.41, 5.74) is 1.39. The number of hydrogen-bond acceptors (Lipinski definition) is 4. The summed E-state index contributed by atoms with van der Waals surface area (Å²) in [6.45, 7) is 4.17. The van der Waals surface area contributed by atoms with Crippen LogP contribution >= 0.6 is 0 Å². The van der Waals surface area contributed by atoms with Crippen LogP contribution in [-0.4, -0.2) is 55.8 Å². The molecule has 0 unspecified atom stereocenters. The molecule has 0 saturated carbocycles. The minimum atomic E-state index is 0.0159. The van der Waals surface area contributed by atoms with Crippen molar-refractivity contribution in [3.05, 3.63) is 23.9 Å². The van der Waals surface area contributed by atoms with E-state index in [1.54, 1.807) is 20.3 Å². The number of aromatic nitrogens is 1. The number of rotatable bonds is 5. The molecule has 6 nitrogen and oxygen atoms in total. The fraction of sp³-hybridized carbons (Fsp3) is 0.500. The van der Waals surface area contributed by atoms with E-state index in [2.05, 4.69) is 4.98 Å². The van der Waals surface area contributed by atoms with Crippen LogP contribution in [0.1, 0.15) is 30.3 Å². The molecule has 1 aliphatic rings. The number of carbonyl (C=O) groups is 1. The zero-order valence-electron chi connectivity index (χ0n) is 14.4. The van der Waals surface area contributed by atoms with Crippen molar-refractivity contribution < 1.29 is 19.0 Å². The monoisotopic (exact) mass is 332 g/mol. The average molecular weight is 332 g/mol. The van der Waals surface area contributed by atoms with Crippen molar-refractivity contribution in [2.75, 3.05) is 33.9 Å². The van der Waals surface area contributed by atoms with Crippen molar-refractivity contribution in [3.63, 3.8) is 0 Å². The Balaban J connectivity index is 1.81. The van der Waals surface area contributed by atoms with Gasteiger partial charge in [-0.15, -0.1) is 0 Å². The van der Waals surface area contributed by atoms with Crippen molar-refractivity contribution in [1.82, 2.24) is 9.88 Å². The molecule has 1 aromatic heterocycles. The Labute approximate surface area is 141 Å². The van der Waals surface area contributed by atoms with Gasteiger partial charge in [0, 0.05) is 31.1 Å². The van der Waals surface area contributed by atoms with Crippen LogP contribution in [0.3, 0.4) is 0 Å². The molecule has 2 heterocycles. The minimum Gasteiger partial charge on any atom is -0.497 e.